The fraction of sp³-hybridized carbons (Fsp3) is 0.750. The summed E-state index contributed by atoms with van der Waals surface area (Å²) in [6.07, 6.45) is 6.35. The number of hydrogen-bond donors (Lipinski definition) is 0. The molecule has 0 rings (SSSR count). The maximum atomic E-state index is 4.11. The van der Waals surface area contributed by atoms with Crippen molar-refractivity contribution in [2.24, 2.45) is 0 Å². The fourth-order valence-corrected chi connectivity index (χ4v) is 4.54. The first-order chi connectivity index (χ1) is 8.14. The summed E-state index contributed by atoms with van der Waals surface area (Å²) in [5.74, 6) is 3.37. The first-order valence-corrected chi connectivity index (χ1v) is 9.97. The quantitative estimate of drug-likeness (QED) is 0.300. The molecule has 0 saturated carbocycles. The summed E-state index contributed by atoms with van der Waals surface area (Å²) in [6.45, 7) is 13.3. The molecule has 98 valence electrons. The van der Waals surface area contributed by atoms with E-state index in [2.05, 4.69) is 45.7 Å². The highest BCUT2D eigenvalue weighted by molar-refractivity contribution is 6.87. The Kier molecular flexibility index (Phi) is 9.27. The zero-order chi connectivity index (χ0) is 13.1. The Morgan fingerprint density at radius 3 is 2.00 bits per heavy atom. The van der Waals surface area contributed by atoms with Gasteiger partial charge in [0.05, 0.1) is 0 Å². The molecule has 0 bridgehead atoms. The van der Waals surface area contributed by atoms with Gasteiger partial charge in [0.25, 0.3) is 0 Å². The average Bonchev–Trinajstić information content (AvgIpc) is 2.37. The van der Waals surface area contributed by atoms with E-state index in [1.165, 1.54) is 43.8 Å². The summed E-state index contributed by atoms with van der Waals surface area (Å²) in [6, 6.07) is 3.86. The standard InChI is InChI=1S/C16H30Si/c1-6-10-11-12-13-16(5)14-15-17(7-2,8-3)9-4/h5-13H2,1-4H3. The molecule has 0 amide bonds. The third-order valence-corrected chi connectivity index (χ3v) is 8.58. The lowest BCUT2D eigenvalue weighted by Crippen LogP contribution is -2.29. The largest absolute Gasteiger partial charge is 0.138 e. The molecule has 0 nitrogen and oxygen atoms in total. The van der Waals surface area contributed by atoms with Crippen molar-refractivity contribution >= 4 is 8.07 Å². The van der Waals surface area contributed by atoms with Crippen molar-refractivity contribution in [3.05, 3.63) is 12.2 Å². The van der Waals surface area contributed by atoms with E-state index in [0.717, 1.165) is 12.0 Å². The molecule has 0 aliphatic carbocycles. The minimum Gasteiger partial charge on any atom is -0.126 e. The Bertz CT molecular complexity index is 255. The molecule has 0 radical (unpaired) electrons. The maximum absolute atomic E-state index is 4.11. The van der Waals surface area contributed by atoms with Crippen LogP contribution >= 0.6 is 0 Å². The van der Waals surface area contributed by atoms with Crippen LogP contribution in [0.2, 0.25) is 18.1 Å². The summed E-state index contributed by atoms with van der Waals surface area (Å²) in [7, 11) is -1.26. The van der Waals surface area contributed by atoms with Gasteiger partial charge in [0.1, 0.15) is 8.07 Å². The van der Waals surface area contributed by atoms with E-state index >= 15 is 0 Å². The molecule has 0 heterocycles. The molecule has 0 spiro atoms. The Morgan fingerprint density at radius 2 is 1.53 bits per heavy atom. The van der Waals surface area contributed by atoms with Crippen LogP contribution in [0.4, 0.5) is 0 Å². The maximum Gasteiger partial charge on any atom is 0.138 e. The van der Waals surface area contributed by atoms with Crippen molar-refractivity contribution in [2.45, 2.75) is 77.9 Å². The van der Waals surface area contributed by atoms with Gasteiger partial charge in [-0.05, 0) is 36.5 Å². The van der Waals surface area contributed by atoms with Crippen LogP contribution in [0, 0.1) is 11.5 Å². The molecule has 0 unspecified atom stereocenters. The zero-order valence-corrected chi connectivity index (χ0v) is 13.4. The molecule has 17 heavy (non-hydrogen) atoms. The zero-order valence-electron chi connectivity index (χ0n) is 12.4. The van der Waals surface area contributed by atoms with E-state index in [1.54, 1.807) is 0 Å². The smallest absolute Gasteiger partial charge is 0.126 e. The molecule has 0 saturated heterocycles. The Hall–Kier alpha value is -0.483. The summed E-state index contributed by atoms with van der Waals surface area (Å²) < 4.78 is 0. The molecule has 0 aliphatic heterocycles. The minimum absolute atomic E-state index is 1.11. The van der Waals surface area contributed by atoms with Crippen molar-refractivity contribution in [1.82, 2.24) is 0 Å². The van der Waals surface area contributed by atoms with Crippen molar-refractivity contribution < 1.29 is 0 Å². The number of hydrogen-bond acceptors (Lipinski definition) is 0. The highest BCUT2D eigenvalue weighted by Gasteiger charge is 2.23. The topological polar surface area (TPSA) is 0 Å². The van der Waals surface area contributed by atoms with Gasteiger partial charge in [0.15, 0.2) is 0 Å². The van der Waals surface area contributed by atoms with Crippen LogP contribution < -0.4 is 0 Å². The van der Waals surface area contributed by atoms with Crippen LogP contribution in [0.15, 0.2) is 12.2 Å². The molecular weight excluding hydrogens is 220 g/mol. The van der Waals surface area contributed by atoms with E-state index in [4.69, 9.17) is 0 Å². The van der Waals surface area contributed by atoms with Crippen LogP contribution in [0.5, 0.6) is 0 Å². The lowest BCUT2D eigenvalue weighted by molar-refractivity contribution is 0.670. The van der Waals surface area contributed by atoms with Gasteiger partial charge in [-0.2, -0.15) is 0 Å². The van der Waals surface area contributed by atoms with Gasteiger partial charge in [0.2, 0.25) is 0 Å². The lowest BCUT2D eigenvalue weighted by atomic mass is 10.1. The third kappa shape index (κ3) is 6.73. The van der Waals surface area contributed by atoms with Crippen molar-refractivity contribution in [2.75, 3.05) is 0 Å². The Balaban J connectivity index is 4.17. The molecule has 0 N–H and O–H groups in total. The fourth-order valence-electron chi connectivity index (χ4n) is 2.06. The molecule has 0 aromatic carbocycles. The Morgan fingerprint density at radius 1 is 0.941 bits per heavy atom. The van der Waals surface area contributed by atoms with Crippen LogP contribution in [0.25, 0.3) is 0 Å². The van der Waals surface area contributed by atoms with Gasteiger partial charge >= 0.3 is 0 Å². The van der Waals surface area contributed by atoms with Crippen LogP contribution in [-0.2, 0) is 0 Å². The summed E-state index contributed by atoms with van der Waals surface area (Å²) in [4.78, 5) is 0. The highest BCUT2D eigenvalue weighted by Crippen LogP contribution is 2.19. The van der Waals surface area contributed by atoms with E-state index in [1.807, 2.05) is 0 Å². The summed E-state index contributed by atoms with van der Waals surface area (Å²) in [5, 5.41) is 0. The van der Waals surface area contributed by atoms with Crippen LogP contribution in [0.3, 0.4) is 0 Å². The van der Waals surface area contributed by atoms with Gasteiger partial charge in [0, 0.05) is 0 Å². The van der Waals surface area contributed by atoms with Gasteiger partial charge < -0.3 is 0 Å². The monoisotopic (exact) mass is 250 g/mol. The molecule has 0 aromatic rings. The Labute approximate surface area is 110 Å². The minimum atomic E-state index is -1.26. The summed E-state index contributed by atoms with van der Waals surface area (Å²) >= 11 is 0. The normalized spacial score (nSPS) is 10.8. The number of allylic oxidation sites excluding steroid dienone is 1. The second-order valence-corrected chi connectivity index (χ2v) is 9.94. The molecule has 0 atom stereocenters. The first-order valence-electron chi connectivity index (χ1n) is 7.35. The third-order valence-electron chi connectivity index (χ3n) is 3.87. The van der Waals surface area contributed by atoms with Gasteiger partial charge in [-0.15, -0.1) is 5.54 Å². The van der Waals surface area contributed by atoms with Crippen LogP contribution in [-0.4, -0.2) is 8.07 Å². The second-order valence-electron chi connectivity index (χ2n) is 5.01. The van der Waals surface area contributed by atoms with Crippen LogP contribution in [0.1, 0.15) is 59.8 Å². The van der Waals surface area contributed by atoms with E-state index in [-0.39, 0.29) is 0 Å². The number of unbranched alkanes of at least 4 members (excludes halogenated alkanes) is 3. The first kappa shape index (κ1) is 16.5. The molecular formula is C16H30Si. The SMILES string of the molecule is C=C(C#C[Si](CC)(CC)CC)CCCCCC. The van der Waals surface area contributed by atoms with Crippen molar-refractivity contribution in [3.8, 4) is 11.5 Å². The van der Waals surface area contributed by atoms with Crippen molar-refractivity contribution in [1.29, 1.82) is 0 Å². The summed E-state index contributed by atoms with van der Waals surface area (Å²) in [5.41, 5.74) is 4.77. The predicted molar refractivity (Wildman–Crippen MR) is 82.9 cm³/mol. The molecule has 0 aliphatic rings. The molecule has 0 fully saturated rings. The number of rotatable bonds is 8. The van der Waals surface area contributed by atoms with E-state index < -0.39 is 8.07 Å². The highest BCUT2D eigenvalue weighted by atomic mass is 28.3. The van der Waals surface area contributed by atoms with Crippen molar-refractivity contribution in [3.63, 3.8) is 0 Å². The predicted octanol–water partition coefficient (Wildman–Crippen LogP) is 5.56. The lowest BCUT2D eigenvalue weighted by Gasteiger charge is -2.20. The average molecular weight is 251 g/mol. The van der Waals surface area contributed by atoms with Gasteiger partial charge in [-0.3, -0.25) is 0 Å². The van der Waals surface area contributed by atoms with Gasteiger partial charge in [-0.1, -0.05) is 59.5 Å². The molecule has 1 heteroatoms. The van der Waals surface area contributed by atoms with E-state index in [9.17, 15) is 0 Å². The van der Waals surface area contributed by atoms with Gasteiger partial charge in [-0.25, -0.2) is 0 Å². The second kappa shape index (κ2) is 9.54. The molecule has 0 aromatic heterocycles. The van der Waals surface area contributed by atoms with E-state index in [0.29, 0.717) is 0 Å².